The van der Waals surface area contributed by atoms with Gasteiger partial charge < -0.3 is 10.1 Å². The van der Waals surface area contributed by atoms with E-state index in [1.54, 1.807) is 0 Å². The molecule has 2 atom stereocenters. The first-order valence-corrected chi connectivity index (χ1v) is 12.2. The average Bonchev–Trinajstić information content (AvgIpc) is 3.69. The van der Waals surface area contributed by atoms with Gasteiger partial charge in [0.1, 0.15) is 18.1 Å². The van der Waals surface area contributed by atoms with Gasteiger partial charge >= 0.3 is 6.36 Å². The summed E-state index contributed by atoms with van der Waals surface area (Å²) in [7, 11) is 0. The Balaban J connectivity index is 1.74. The van der Waals surface area contributed by atoms with Gasteiger partial charge in [-0.2, -0.15) is 0 Å². The monoisotopic (exact) mass is 564 g/mol. The molecule has 14 heteroatoms. The summed E-state index contributed by atoms with van der Waals surface area (Å²) in [5, 5.41) is 2.63. The Labute approximate surface area is 218 Å². The summed E-state index contributed by atoms with van der Waals surface area (Å²) < 4.78 is 84.5. The van der Waals surface area contributed by atoms with E-state index in [-0.39, 0.29) is 35.6 Å². The summed E-state index contributed by atoms with van der Waals surface area (Å²) in [6, 6.07) is 1.03. The summed E-state index contributed by atoms with van der Waals surface area (Å²) in [5.41, 5.74) is -2.56. The lowest BCUT2D eigenvalue weighted by molar-refractivity contribution is -0.274. The number of halogens is 7. The highest BCUT2D eigenvalue weighted by atomic mass is 35.5. The Morgan fingerprint density at radius 3 is 2.29 bits per heavy atom. The third-order valence-electron chi connectivity index (χ3n) is 6.40. The van der Waals surface area contributed by atoms with E-state index in [1.165, 1.54) is 18.5 Å². The maximum Gasteiger partial charge on any atom is 0.573 e. The molecule has 0 bridgehead atoms. The maximum absolute atomic E-state index is 14.2. The average molecular weight is 565 g/mol. The lowest BCUT2D eigenvalue weighted by Crippen LogP contribution is -2.49. The van der Waals surface area contributed by atoms with Crippen LogP contribution >= 0.6 is 11.6 Å². The summed E-state index contributed by atoms with van der Waals surface area (Å²) >= 11 is 5.49. The number of carbonyl (C=O) groups is 2. The molecule has 1 aromatic heterocycles. The second-order valence-electron chi connectivity index (χ2n) is 9.27. The van der Waals surface area contributed by atoms with E-state index >= 15 is 0 Å². The van der Waals surface area contributed by atoms with E-state index in [0.29, 0.717) is 17.7 Å². The normalized spacial score (nSPS) is 19.3. The Morgan fingerprint density at radius 2 is 1.74 bits per heavy atom. The van der Waals surface area contributed by atoms with Crippen LogP contribution in [-0.4, -0.2) is 45.7 Å². The Morgan fingerprint density at radius 1 is 1.11 bits per heavy atom. The van der Waals surface area contributed by atoms with Gasteiger partial charge in [-0.15, -0.1) is 13.2 Å². The van der Waals surface area contributed by atoms with Crippen molar-refractivity contribution < 1.29 is 40.7 Å². The third-order valence-corrected chi connectivity index (χ3v) is 6.59. The number of benzene rings is 1. The van der Waals surface area contributed by atoms with Crippen LogP contribution in [0.4, 0.5) is 32.0 Å². The molecular weight excluding hydrogens is 542 g/mol. The lowest BCUT2D eigenvalue weighted by atomic mass is 9.92. The van der Waals surface area contributed by atoms with E-state index in [4.69, 9.17) is 11.6 Å². The van der Waals surface area contributed by atoms with Crippen LogP contribution in [0.25, 0.3) is 0 Å². The summed E-state index contributed by atoms with van der Waals surface area (Å²) in [6.45, 7) is 0. The molecule has 0 radical (unpaired) electrons. The van der Waals surface area contributed by atoms with E-state index in [9.17, 15) is 35.9 Å². The minimum absolute atomic E-state index is 0.0265. The van der Waals surface area contributed by atoms with Crippen LogP contribution in [0.5, 0.6) is 5.75 Å². The molecule has 7 nitrogen and oxygen atoms in total. The molecule has 206 valence electrons. The molecule has 0 aliphatic heterocycles. The smallest absolute Gasteiger partial charge is 0.405 e. The van der Waals surface area contributed by atoms with Gasteiger partial charge in [0, 0.05) is 42.5 Å². The Kier molecular flexibility index (Phi) is 8.05. The standard InChI is InChI=1S/C24H23ClF6N4O3/c25-20(26)22(37)35(16-3-4-18(38-24(29,30)31)17(9-16)13-1-2-13)19(14-10-32-12-33-11-14)21(36)34-15-5-7-23(27,28)8-6-15/h3-4,9-13,15,19-20H,1-2,5-8H2,(H,34,36)/t19-,20+/m1/s1. The Bertz CT molecular complexity index is 1150. The Hall–Kier alpha value is -3.09. The number of anilines is 1. The van der Waals surface area contributed by atoms with Crippen LogP contribution in [0.3, 0.4) is 0 Å². The molecule has 2 aliphatic rings. The molecule has 2 amide bonds. The number of nitrogens with one attached hydrogen (secondary N) is 1. The van der Waals surface area contributed by atoms with Crippen molar-refractivity contribution in [2.75, 3.05) is 4.90 Å². The molecule has 2 fully saturated rings. The van der Waals surface area contributed by atoms with Crippen LogP contribution in [0.15, 0.2) is 36.9 Å². The van der Waals surface area contributed by atoms with Gasteiger partial charge in [0.25, 0.3) is 11.5 Å². The molecule has 2 saturated carbocycles. The van der Waals surface area contributed by atoms with Gasteiger partial charge in [-0.05, 0) is 55.4 Å². The van der Waals surface area contributed by atoms with Crippen molar-refractivity contribution in [2.24, 2.45) is 0 Å². The molecule has 2 aliphatic carbocycles. The van der Waals surface area contributed by atoms with Crippen molar-refractivity contribution in [3.05, 3.63) is 48.0 Å². The highest BCUT2D eigenvalue weighted by molar-refractivity contribution is 6.32. The highest BCUT2D eigenvalue weighted by Gasteiger charge is 2.41. The molecule has 0 spiro atoms. The zero-order chi connectivity index (χ0) is 27.7. The molecule has 0 saturated heterocycles. The number of ether oxygens (including phenoxy) is 1. The molecule has 2 aromatic rings. The minimum atomic E-state index is -4.97. The van der Waals surface area contributed by atoms with Crippen molar-refractivity contribution in [3.63, 3.8) is 0 Å². The predicted molar refractivity (Wildman–Crippen MR) is 123 cm³/mol. The summed E-state index contributed by atoms with van der Waals surface area (Å²) in [4.78, 5) is 35.0. The number of rotatable bonds is 8. The van der Waals surface area contributed by atoms with Crippen LogP contribution in [-0.2, 0) is 9.59 Å². The van der Waals surface area contributed by atoms with E-state index < -0.39 is 60.4 Å². The fraction of sp³-hybridized carbons (Fsp3) is 0.500. The lowest BCUT2D eigenvalue weighted by Gasteiger charge is -2.34. The quantitative estimate of drug-likeness (QED) is 0.335. The molecule has 4 rings (SSSR count). The second-order valence-corrected chi connectivity index (χ2v) is 9.65. The number of hydrogen-bond acceptors (Lipinski definition) is 5. The first kappa shape index (κ1) is 27.9. The highest BCUT2D eigenvalue weighted by Crippen LogP contribution is 2.47. The zero-order valence-corrected chi connectivity index (χ0v) is 20.5. The molecule has 1 N–H and O–H groups in total. The number of nitrogens with zero attached hydrogens (tertiary/aromatic N) is 3. The molecular formula is C24H23ClF6N4O3. The third kappa shape index (κ3) is 6.86. The maximum atomic E-state index is 14.2. The van der Waals surface area contributed by atoms with Crippen molar-refractivity contribution in [2.45, 2.75) is 74.4 Å². The van der Waals surface area contributed by atoms with Gasteiger partial charge in [-0.25, -0.2) is 23.1 Å². The van der Waals surface area contributed by atoms with Gasteiger partial charge in [0.2, 0.25) is 11.8 Å². The fourth-order valence-corrected chi connectivity index (χ4v) is 4.56. The van der Waals surface area contributed by atoms with Gasteiger partial charge in [-0.3, -0.25) is 14.5 Å². The van der Waals surface area contributed by atoms with E-state index in [0.717, 1.165) is 18.5 Å². The van der Waals surface area contributed by atoms with E-state index in [1.807, 2.05) is 0 Å². The van der Waals surface area contributed by atoms with Crippen LogP contribution in [0.2, 0.25) is 0 Å². The van der Waals surface area contributed by atoms with Gasteiger partial charge in [0.05, 0.1) is 0 Å². The van der Waals surface area contributed by atoms with Crippen LogP contribution in [0, 0.1) is 0 Å². The van der Waals surface area contributed by atoms with Crippen molar-refractivity contribution in [1.82, 2.24) is 15.3 Å². The number of carbonyl (C=O) groups excluding carboxylic acids is 2. The summed E-state index contributed by atoms with van der Waals surface area (Å²) in [5.74, 6) is -5.83. The predicted octanol–water partition coefficient (Wildman–Crippen LogP) is 5.56. The number of amides is 2. The fourth-order valence-electron chi connectivity index (χ4n) is 4.46. The first-order valence-electron chi connectivity index (χ1n) is 11.8. The van der Waals surface area contributed by atoms with E-state index in [2.05, 4.69) is 20.0 Å². The molecule has 38 heavy (non-hydrogen) atoms. The van der Waals surface area contributed by atoms with Crippen molar-refractivity contribution in [1.29, 1.82) is 0 Å². The number of hydrogen-bond donors (Lipinski definition) is 1. The van der Waals surface area contributed by atoms with Crippen molar-refractivity contribution >= 4 is 29.1 Å². The number of aromatic nitrogens is 2. The second kappa shape index (κ2) is 11.0. The topological polar surface area (TPSA) is 84.4 Å². The van der Waals surface area contributed by atoms with Gasteiger partial charge in [-0.1, -0.05) is 11.6 Å². The first-order chi connectivity index (χ1) is 17.8. The van der Waals surface area contributed by atoms with Crippen LogP contribution < -0.4 is 15.0 Å². The molecule has 0 unspecified atom stereocenters. The van der Waals surface area contributed by atoms with Crippen LogP contribution in [0.1, 0.15) is 61.6 Å². The number of alkyl halides is 7. The summed E-state index contributed by atoms with van der Waals surface area (Å²) in [6.07, 6.45) is -1.22. The van der Waals surface area contributed by atoms with Crippen molar-refractivity contribution in [3.8, 4) is 5.75 Å². The minimum Gasteiger partial charge on any atom is -0.405 e. The molecule has 1 heterocycles. The zero-order valence-electron chi connectivity index (χ0n) is 19.7. The largest absolute Gasteiger partial charge is 0.573 e. The molecule has 1 aromatic carbocycles. The SMILES string of the molecule is O=C(NC1CCC(F)(F)CC1)[C@@H](c1cncnc1)N(C(=O)[C@H](F)Cl)c1ccc(OC(F)(F)F)c(C2CC2)c1. The van der Waals surface area contributed by atoms with Gasteiger partial charge in [0.15, 0.2) is 0 Å².